The van der Waals surface area contributed by atoms with Gasteiger partial charge in [-0.05, 0) is 84.3 Å². The molecule has 23 N–H and O–H groups in total. The van der Waals surface area contributed by atoms with E-state index in [4.69, 9.17) is 63.1 Å². The molecule has 0 spiro atoms. The number of carbonyl (C=O) groups excluding carboxylic acids is 10. The first kappa shape index (κ1) is 83.2. The Bertz CT molecular complexity index is 3140. The fourth-order valence-electron chi connectivity index (χ4n) is 8.31. The molecule has 0 bridgehead atoms. The number of fused-ring (bicyclic) bond motifs is 1. The highest BCUT2D eigenvalue weighted by Crippen LogP contribution is 2.20. The van der Waals surface area contributed by atoms with Crippen LogP contribution >= 0.6 is 0 Å². The second-order valence-electron chi connectivity index (χ2n) is 21.4. The van der Waals surface area contributed by atoms with Gasteiger partial charge in [0.15, 0.2) is 0 Å². The number of Topliss-reactive ketones (excluding diaryl/α,β-unsaturated/α-hetero) is 1. The summed E-state index contributed by atoms with van der Waals surface area (Å²) in [6, 6.07) is 39.1. The summed E-state index contributed by atoms with van der Waals surface area (Å²) in [6.45, 7) is 5.17. The minimum Gasteiger partial charge on any atom is -0.426 e. The van der Waals surface area contributed by atoms with Gasteiger partial charge in [-0.1, -0.05) is 130 Å². The van der Waals surface area contributed by atoms with Gasteiger partial charge in [-0.15, -0.1) is 0 Å². The van der Waals surface area contributed by atoms with Gasteiger partial charge in [0.2, 0.25) is 41.4 Å². The monoisotopic (exact) mass is 1310 g/mol. The van der Waals surface area contributed by atoms with Crippen molar-refractivity contribution in [3.8, 4) is 11.1 Å². The summed E-state index contributed by atoms with van der Waals surface area (Å²) in [7, 11) is -9.00. The quantitative estimate of drug-likeness (QED) is 0.0156. The zero-order valence-corrected chi connectivity index (χ0v) is 52.7. The Hall–Kier alpha value is -8.82. The molecule has 0 radical (unpaired) electrons. The van der Waals surface area contributed by atoms with Crippen LogP contribution in [0.4, 0.5) is 0 Å². The van der Waals surface area contributed by atoms with Crippen LogP contribution in [0.15, 0.2) is 127 Å². The van der Waals surface area contributed by atoms with Crippen LogP contribution < -0.4 is 49.5 Å². The first-order chi connectivity index (χ1) is 44.4. The van der Waals surface area contributed by atoms with E-state index in [9.17, 15) is 58.0 Å². The van der Waals surface area contributed by atoms with Crippen molar-refractivity contribution in [2.24, 2.45) is 22.9 Å². The van der Waals surface area contributed by atoms with Crippen molar-refractivity contribution in [3.05, 3.63) is 144 Å². The molecule has 0 unspecified atom stereocenters. The Kier molecular flexibility index (Phi) is 41.0. The van der Waals surface area contributed by atoms with E-state index in [1.54, 1.807) is 30.3 Å². The van der Waals surface area contributed by atoms with E-state index >= 15 is 0 Å². The van der Waals surface area contributed by atoms with Crippen LogP contribution in [0, 0.1) is 0 Å². The molecule has 0 heterocycles. The molecule has 0 aliphatic rings. The Labute approximate surface area is 546 Å². The number of unbranched alkanes of at least 4 members (excludes halogenated alkanes) is 2. The molecule has 34 heteroatoms. The van der Waals surface area contributed by atoms with Crippen LogP contribution in [0.25, 0.3) is 21.9 Å². The highest BCUT2D eigenvalue weighted by atomic mass is 16.4. The van der Waals surface area contributed by atoms with Crippen molar-refractivity contribution in [2.75, 3.05) is 0 Å². The van der Waals surface area contributed by atoms with E-state index in [1.807, 2.05) is 111 Å². The smallest absolute Gasteiger partial charge is 0.426 e. The molecule has 0 saturated carbocycles. The van der Waals surface area contributed by atoms with Gasteiger partial charge in [0.1, 0.15) is 5.78 Å². The predicted molar refractivity (Wildman–Crippen MR) is 354 cm³/mol. The molecule has 94 heavy (non-hydrogen) atoms. The number of benzene rings is 5. The van der Waals surface area contributed by atoms with E-state index in [0.29, 0.717) is 30.4 Å². The highest BCUT2D eigenvalue weighted by Gasteiger charge is 2.31. The topological polar surface area (TPSA) is 537 Å². The third kappa shape index (κ3) is 37.0. The number of rotatable bonds is 33. The lowest BCUT2D eigenvalue weighted by molar-refractivity contribution is -0.123. The zero-order chi connectivity index (χ0) is 70.9. The van der Waals surface area contributed by atoms with Crippen molar-refractivity contribution in [1.29, 1.82) is 0 Å². The lowest BCUT2D eigenvalue weighted by atomic mass is 9.76. The number of carbonyl (C=O) groups is 10. The largest absolute Gasteiger partial charge is 0.476 e. The molecule has 5 aromatic rings. The molecule has 0 aromatic heterocycles. The zero-order valence-electron chi connectivity index (χ0n) is 52.7. The van der Waals surface area contributed by atoms with E-state index in [1.165, 1.54) is 6.92 Å². The van der Waals surface area contributed by atoms with Crippen LogP contribution in [0.3, 0.4) is 0 Å². The Morgan fingerprint density at radius 3 is 1.13 bits per heavy atom. The minimum absolute atomic E-state index is 0.133. The van der Waals surface area contributed by atoms with Crippen LogP contribution in [0.2, 0.25) is 0 Å². The van der Waals surface area contributed by atoms with Gasteiger partial charge in [-0.3, -0.25) is 47.9 Å². The summed E-state index contributed by atoms with van der Waals surface area (Å²) in [5, 5.41) is 104. The average Bonchev–Trinajstić information content (AvgIpc) is 0.905. The number of primary amides is 4. The van der Waals surface area contributed by atoms with Crippen LogP contribution in [0.1, 0.15) is 131 Å². The van der Waals surface area contributed by atoms with Gasteiger partial charge >= 0.3 is 35.6 Å². The van der Waals surface area contributed by atoms with Gasteiger partial charge in [-0.25, -0.2) is 0 Å². The first-order valence-electron chi connectivity index (χ1n) is 30.0. The van der Waals surface area contributed by atoms with E-state index in [-0.39, 0.29) is 68.5 Å². The minimum atomic E-state index is -1.86. The van der Waals surface area contributed by atoms with Gasteiger partial charge in [0.25, 0.3) is 11.8 Å². The van der Waals surface area contributed by atoms with Crippen LogP contribution in [0.5, 0.6) is 0 Å². The first-order valence-corrected chi connectivity index (χ1v) is 30.0. The molecule has 5 aromatic carbocycles. The summed E-state index contributed by atoms with van der Waals surface area (Å²) in [4.78, 5) is 112. The van der Waals surface area contributed by atoms with Gasteiger partial charge in [0.05, 0.1) is 29.7 Å². The summed E-state index contributed by atoms with van der Waals surface area (Å²) in [5.41, 5.74) is 23.7. The summed E-state index contributed by atoms with van der Waals surface area (Å²) in [5.74, 6) is -10.2. The molecule has 0 fully saturated rings. The molecule has 0 saturated heterocycles. The summed E-state index contributed by atoms with van der Waals surface area (Å²) in [6.07, 6.45) is 4.22. The number of nitrogens with one attached hydrogen (secondary N) is 5. The number of nitrogens with two attached hydrogens (primary N) is 4. The van der Waals surface area contributed by atoms with Gasteiger partial charge < -0.3 is 99.8 Å². The van der Waals surface area contributed by atoms with E-state index < -0.39 is 101 Å². The maximum Gasteiger partial charge on any atom is 0.476 e. The normalized spacial score (nSPS) is 11.8. The number of aryl methyl sites for hydroxylation is 1. The molecule has 0 aliphatic heterocycles. The lowest BCUT2D eigenvalue weighted by Crippen LogP contribution is -2.48. The van der Waals surface area contributed by atoms with Crippen LogP contribution in [-0.2, 0) is 44.8 Å². The predicted octanol–water partition coefficient (Wildman–Crippen LogP) is -2.25. The van der Waals surface area contributed by atoms with Crippen molar-refractivity contribution in [2.45, 2.75) is 140 Å². The third-order valence-electron chi connectivity index (χ3n) is 13.1. The molecule has 5 rings (SSSR count). The van der Waals surface area contributed by atoms with Crippen molar-refractivity contribution in [1.82, 2.24) is 26.6 Å². The van der Waals surface area contributed by atoms with E-state index in [2.05, 4.69) is 26.6 Å². The summed E-state index contributed by atoms with van der Waals surface area (Å²) >= 11 is 0. The molecule has 506 valence electrons. The third-order valence-corrected chi connectivity index (χ3v) is 13.1. The summed E-state index contributed by atoms with van der Waals surface area (Å²) < 4.78 is 0. The average molecular weight is 1310 g/mol. The van der Waals surface area contributed by atoms with Crippen LogP contribution in [-0.4, -0.2) is 174 Å². The number of hydrogen-bond donors (Lipinski definition) is 19. The molecule has 0 aliphatic carbocycles. The molecular weight excluding hydrogens is 1220 g/mol. The second-order valence-corrected chi connectivity index (χ2v) is 21.4. The standard InChI is InChI=1S/C17H18BNO4.C14H15BN2O4.C13H19BN2O4.C9H19BN2O4.C7H15BN2O4/c1-12(20)11-16(18(22)23)19-17(21)15-9-7-14(8-10-15)13-5-3-2-4-6-13;16-13(18)8-12(15(20)21)17-14(19)11-6-5-9-3-1-2-4-10(9)7-11;15-12(17)9-11(14(19)20)16-13(18)8-4-7-10-5-2-1-3-6-10;1-2-3-4-5-9(14)12-7(10(15)16)6-8(11)13;1-2-3-7(12)10-5(8(13)14)4-6(9)11/h2-10,16,22-23H,11H2,1H3,(H,19,21);1-7,12,20-21H,8H2,(H2,16,18)(H,17,19);1-3,5-6,11,19-20H,4,7-9H2,(H2,15,17)(H,16,18);7,15-16H,2-6H2,1H3,(H2,11,13)(H,12,14);5,13-14H,2-4H2,1H3,(H2,9,11)(H,10,12)/t16-;12-;11-;7-;5-/m11111/s1. The molecule has 9 amide bonds. The van der Waals surface area contributed by atoms with E-state index in [0.717, 1.165) is 53.1 Å². The number of hydrogen-bond acceptors (Lipinski definition) is 20. The Balaban J connectivity index is 0.000000594. The van der Waals surface area contributed by atoms with Gasteiger partial charge in [0, 0.05) is 62.5 Å². The SMILES string of the molecule is CC(=O)C[C@@H](NC(=O)c1ccc(-c2ccccc2)cc1)B(O)O.CCCC(=O)N[C@H](CC(N)=O)B(O)O.CCCCCC(=O)N[C@H](CC(N)=O)B(O)O.NC(=O)C[C@@H](NC(=O)CCCc1ccccc1)B(O)O.NC(=O)C[C@@H](NC(=O)c1ccc2ccccc2c1)B(O)O. The van der Waals surface area contributed by atoms with Crippen molar-refractivity contribution < 1.29 is 98.2 Å². The maximum absolute atomic E-state index is 12.1. The van der Waals surface area contributed by atoms with Gasteiger partial charge in [-0.2, -0.15) is 0 Å². The lowest BCUT2D eigenvalue weighted by Gasteiger charge is -2.16. The number of ketones is 1. The fraction of sp³-hybridized carbons (Fsp3) is 0.367. The Morgan fingerprint density at radius 2 is 0.723 bits per heavy atom. The highest BCUT2D eigenvalue weighted by molar-refractivity contribution is 6.46. The number of amides is 9. The van der Waals surface area contributed by atoms with Crippen molar-refractivity contribution in [3.63, 3.8) is 0 Å². The maximum atomic E-state index is 12.1. The molecule has 5 atom stereocenters. The molecule has 29 nitrogen and oxygen atoms in total. The van der Waals surface area contributed by atoms with Crippen molar-refractivity contribution >= 4 is 105 Å². The fourth-order valence-corrected chi connectivity index (χ4v) is 8.31. The Morgan fingerprint density at radius 1 is 0.372 bits per heavy atom. The second kappa shape index (κ2) is 46.3. The molecular formula is C60H86B5N9O20.